The third-order valence-corrected chi connectivity index (χ3v) is 4.94. The first-order chi connectivity index (χ1) is 10.2. The maximum absolute atomic E-state index is 12.6. The van der Waals surface area contributed by atoms with Gasteiger partial charge in [0.1, 0.15) is 5.54 Å². The Morgan fingerprint density at radius 1 is 1.33 bits per heavy atom. The molecule has 2 saturated heterocycles. The van der Waals surface area contributed by atoms with Crippen molar-refractivity contribution in [3.8, 4) is 0 Å². The van der Waals surface area contributed by atoms with Crippen LogP contribution in [0, 0.1) is 0 Å². The third kappa shape index (κ3) is 1.94. The van der Waals surface area contributed by atoms with Gasteiger partial charge in [-0.3, -0.25) is 14.1 Å². The summed E-state index contributed by atoms with van der Waals surface area (Å²) < 4.78 is 1.90. The number of imidazole rings is 1. The fourth-order valence-corrected chi connectivity index (χ4v) is 3.75. The molecule has 2 N–H and O–H groups in total. The Kier molecular flexibility index (Phi) is 2.76. The van der Waals surface area contributed by atoms with Crippen molar-refractivity contribution in [2.75, 3.05) is 13.1 Å². The van der Waals surface area contributed by atoms with Crippen molar-refractivity contribution in [2.45, 2.75) is 24.9 Å². The summed E-state index contributed by atoms with van der Waals surface area (Å²) in [5.74, 6) is -0.120. The van der Waals surface area contributed by atoms with Gasteiger partial charge in [0.15, 0.2) is 4.96 Å². The van der Waals surface area contributed by atoms with Crippen molar-refractivity contribution in [2.24, 2.45) is 0 Å². The standard InChI is InChI=1S/C13H15N5O2S/c19-10-13(1-3-14-4-2-13)16-11(20)18(10)8-9-7-17-5-6-21-12(17)15-9/h5-7,14H,1-4,8H2,(H,16,20). The summed E-state index contributed by atoms with van der Waals surface area (Å²) in [4.78, 5) is 31.4. The molecule has 0 unspecified atom stereocenters. The molecule has 2 fully saturated rings. The Labute approximate surface area is 125 Å². The van der Waals surface area contributed by atoms with Crippen molar-refractivity contribution in [3.63, 3.8) is 0 Å². The summed E-state index contributed by atoms with van der Waals surface area (Å²) in [6, 6.07) is -0.307. The maximum atomic E-state index is 12.6. The van der Waals surface area contributed by atoms with Gasteiger partial charge in [-0.2, -0.15) is 0 Å². The topological polar surface area (TPSA) is 78.7 Å². The molecule has 1 spiro atoms. The zero-order valence-corrected chi connectivity index (χ0v) is 12.2. The van der Waals surface area contributed by atoms with Gasteiger partial charge in [0.25, 0.3) is 5.91 Å². The van der Waals surface area contributed by atoms with Crippen LogP contribution in [0.2, 0.25) is 0 Å². The molecule has 2 aromatic heterocycles. The second-order valence-electron chi connectivity index (χ2n) is 5.48. The van der Waals surface area contributed by atoms with Crippen LogP contribution in [0.15, 0.2) is 17.8 Å². The summed E-state index contributed by atoms with van der Waals surface area (Å²) in [5.41, 5.74) is 0.0238. The van der Waals surface area contributed by atoms with Crippen LogP contribution in [-0.4, -0.2) is 44.9 Å². The van der Waals surface area contributed by atoms with Gasteiger partial charge >= 0.3 is 6.03 Å². The lowest BCUT2D eigenvalue weighted by Crippen LogP contribution is -2.53. The van der Waals surface area contributed by atoms with Crippen LogP contribution in [0.3, 0.4) is 0 Å². The molecule has 7 nitrogen and oxygen atoms in total. The van der Waals surface area contributed by atoms with E-state index in [1.165, 1.54) is 16.2 Å². The van der Waals surface area contributed by atoms with Gasteiger partial charge in [-0.05, 0) is 25.9 Å². The normalized spacial score (nSPS) is 21.4. The highest BCUT2D eigenvalue weighted by molar-refractivity contribution is 7.15. The smallest absolute Gasteiger partial charge is 0.323 e. The average Bonchev–Trinajstić information content (AvgIpc) is 3.10. The zero-order chi connectivity index (χ0) is 14.4. The molecule has 2 aromatic rings. The summed E-state index contributed by atoms with van der Waals surface area (Å²) in [5, 5.41) is 8.04. The zero-order valence-electron chi connectivity index (χ0n) is 11.3. The predicted molar refractivity (Wildman–Crippen MR) is 77.0 cm³/mol. The van der Waals surface area contributed by atoms with Crippen LogP contribution in [0.1, 0.15) is 18.5 Å². The molecule has 8 heteroatoms. The van der Waals surface area contributed by atoms with Crippen LogP contribution in [0.5, 0.6) is 0 Å². The number of imide groups is 1. The minimum absolute atomic E-state index is 0.120. The lowest BCUT2D eigenvalue weighted by molar-refractivity contribution is -0.132. The average molecular weight is 305 g/mol. The van der Waals surface area contributed by atoms with E-state index < -0.39 is 5.54 Å². The number of fused-ring (bicyclic) bond motifs is 1. The molecule has 21 heavy (non-hydrogen) atoms. The number of carbonyl (C=O) groups excluding carboxylic acids is 2. The Morgan fingerprint density at radius 3 is 2.90 bits per heavy atom. The number of carbonyl (C=O) groups is 2. The quantitative estimate of drug-likeness (QED) is 0.795. The first-order valence-corrected chi connectivity index (χ1v) is 7.82. The summed E-state index contributed by atoms with van der Waals surface area (Å²) in [6.45, 7) is 1.73. The Balaban J connectivity index is 1.58. The van der Waals surface area contributed by atoms with Gasteiger partial charge in [0, 0.05) is 17.8 Å². The van der Waals surface area contributed by atoms with E-state index in [0.717, 1.165) is 23.7 Å². The molecule has 3 amide bonds. The lowest BCUT2D eigenvalue weighted by Gasteiger charge is -2.30. The van der Waals surface area contributed by atoms with Crippen LogP contribution >= 0.6 is 11.3 Å². The van der Waals surface area contributed by atoms with E-state index in [-0.39, 0.29) is 18.5 Å². The molecular weight excluding hydrogens is 290 g/mol. The van der Waals surface area contributed by atoms with Gasteiger partial charge < -0.3 is 10.6 Å². The molecule has 110 valence electrons. The number of urea groups is 1. The number of hydrogen-bond donors (Lipinski definition) is 2. The molecule has 0 atom stereocenters. The van der Waals surface area contributed by atoms with Crippen LogP contribution in [-0.2, 0) is 11.3 Å². The second kappa shape index (κ2) is 4.54. The van der Waals surface area contributed by atoms with Crippen molar-refractivity contribution in [1.29, 1.82) is 0 Å². The van der Waals surface area contributed by atoms with E-state index in [9.17, 15) is 9.59 Å². The van der Waals surface area contributed by atoms with E-state index in [1.807, 2.05) is 22.2 Å². The number of amides is 3. The summed E-state index contributed by atoms with van der Waals surface area (Å²) in [6.07, 6.45) is 5.06. The first kappa shape index (κ1) is 12.8. The summed E-state index contributed by atoms with van der Waals surface area (Å²) in [7, 11) is 0. The van der Waals surface area contributed by atoms with Gasteiger partial charge in [-0.25, -0.2) is 9.78 Å². The molecular formula is C13H15N5O2S. The number of rotatable bonds is 2. The molecule has 0 saturated carbocycles. The highest BCUT2D eigenvalue weighted by atomic mass is 32.1. The molecule has 0 radical (unpaired) electrons. The molecule has 0 aliphatic carbocycles. The van der Waals surface area contributed by atoms with Gasteiger partial charge in [0.2, 0.25) is 0 Å². The van der Waals surface area contributed by atoms with Crippen LogP contribution < -0.4 is 10.6 Å². The van der Waals surface area contributed by atoms with Crippen LogP contribution in [0.4, 0.5) is 4.79 Å². The van der Waals surface area contributed by atoms with Gasteiger partial charge in [0.05, 0.1) is 12.2 Å². The fourth-order valence-electron chi connectivity index (χ4n) is 3.03. The molecule has 0 aromatic carbocycles. The highest BCUT2D eigenvalue weighted by Gasteiger charge is 2.51. The lowest BCUT2D eigenvalue weighted by atomic mass is 9.88. The number of piperidine rings is 1. The van der Waals surface area contributed by atoms with E-state index in [4.69, 9.17) is 0 Å². The molecule has 2 aliphatic rings. The second-order valence-corrected chi connectivity index (χ2v) is 6.35. The van der Waals surface area contributed by atoms with E-state index in [1.54, 1.807) is 0 Å². The molecule has 4 heterocycles. The number of aromatic nitrogens is 2. The molecule has 4 rings (SSSR count). The van der Waals surface area contributed by atoms with E-state index >= 15 is 0 Å². The number of hydrogen-bond acceptors (Lipinski definition) is 5. The highest BCUT2D eigenvalue weighted by Crippen LogP contribution is 2.28. The van der Waals surface area contributed by atoms with Crippen molar-refractivity contribution in [3.05, 3.63) is 23.5 Å². The van der Waals surface area contributed by atoms with Gasteiger partial charge in [-0.1, -0.05) is 0 Å². The maximum Gasteiger partial charge on any atom is 0.325 e. The van der Waals surface area contributed by atoms with E-state index in [0.29, 0.717) is 12.8 Å². The van der Waals surface area contributed by atoms with Gasteiger partial charge in [-0.15, -0.1) is 11.3 Å². The first-order valence-electron chi connectivity index (χ1n) is 6.94. The minimum Gasteiger partial charge on any atom is -0.323 e. The number of thiazole rings is 1. The largest absolute Gasteiger partial charge is 0.325 e. The fraction of sp³-hybridized carbons (Fsp3) is 0.462. The molecule has 2 aliphatic heterocycles. The number of nitrogens with one attached hydrogen (secondary N) is 2. The minimum atomic E-state index is -0.709. The Morgan fingerprint density at radius 2 is 2.14 bits per heavy atom. The molecule has 0 bridgehead atoms. The Hall–Kier alpha value is -1.93. The van der Waals surface area contributed by atoms with Crippen LogP contribution in [0.25, 0.3) is 4.96 Å². The Bertz CT molecular complexity index is 687. The SMILES string of the molecule is O=C1NC2(CCNCC2)C(=O)N1Cc1cn2ccsc2n1. The van der Waals surface area contributed by atoms with Crippen molar-refractivity contribution in [1.82, 2.24) is 24.9 Å². The summed E-state index contributed by atoms with van der Waals surface area (Å²) >= 11 is 1.53. The predicted octanol–water partition coefficient (Wildman–Crippen LogP) is 0.570. The number of nitrogens with zero attached hydrogens (tertiary/aromatic N) is 3. The van der Waals surface area contributed by atoms with Crippen molar-refractivity contribution < 1.29 is 9.59 Å². The monoisotopic (exact) mass is 305 g/mol. The van der Waals surface area contributed by atoms with E-state index in [2.05, 4.69) is 15.6 Å². The third-order valence-electron chi connectivity index (χ3n) is 4.17. The van der Waals surface area contributed by atoms with Crippen molar-refractivity contribution >= 4 is 28.2 Å².